The molecule has 98 valence electrons. The van der Waals surface area contributed by atoms with Gasteiger partial charge >= 0.3 is 28.6 Å². The first-order valence-electron chi connectivity index (χ1n) is 5.26. The molecule has 0 heterocycles. The van der Waals surface area contributed by atoms with Crippen molar-refractivity contribution in [3.63, 3.8) is 0 Å². The molecule has 18 heavy (non-hydrogen) atoms. The molecule has 0 aliphatic carbocycles. The molecule has 0 aliphatic heterocycles. The maximum atomic E-state index is 11.6. The fraction of sp³-hybridized carbons (Fsp3) is 0.167. The SMILES string of the molecule is C=C[Si](C)(C=C)OC(=O)C(=O)O[Si](C)(C=C)C=C. The third kappa shape index (κ3) is 4.30. The minimum Gasteiger partial charge on any atom is -0.503 e. The van der Waals surface area contributed by atoms with Gasteiger partial charge in [-0.1, -0.05) is 22.8 Å². The van der Waals surface area contributed by atoms with Gasteiger partial charge in [0.2, 0.25) is 0 Å². The Kier molecular flexibility index (Phi) is 5.73. The summed E-state index contributed by atoms with van der Waals surface area (Å²) in [5, 5.41) is 0. The van der Waals surface area contributed by atoms with Crippen LogP contribution in [0.25, 0.3) is 0 Å². The molecule has 0 aromatic rings. The summed E-state index contributed by atoms with van der Waals surface area (Å²) < 4.78 is 10.2. The van der Waals surface area contributed by atoms with Crippen molar-refractivity contribution < 1.29 is 18.4 Å². The molecular weight excluding hydrogens is 264 g/mol. The number of hydrogen-bond acceptors (Lipinski definition) is 4. The highest BCUT2D eigenvalue weighted by Gasteiger charge is 2.34. The van der Waals surface area contributed by atoms with Gasteiger partial charge in [-0.15, -0.1) is 26.3 Å². The van der Waals surface area contributed by atoms with Gasteiger partial charge in [-0.3, -0.25) is 0 Å². The lowest BCUT2D eigenvalue weighted by Gasteiger charge is -2.22. The van der Waals surface area contributed by atoms with Crippen LogP contribution in [-0.2, 0) is 18.4 Å². The summed E-state index contributed by atoms with van der Waals surface area (Å²) in [6.45, 7) is 17.6. The van der Waals surface area contributed by atoms with E-state index in [-0.39, 0.29) is 0 Å². The summed E-state index contributed by atoms with van der Waals surface area (Å²) in [5.74, 6) is -2.07. The first-order valence-corrected chi connectivity index (χ1v) is 10.4. The maximum Gasteiger partial charge on any atom is 0.403 e. The lowest BCUT2D eigenvalue weighted by molar-refractivity contribution is -0.157. The highest BCUT2D eigenvalue weighted by atomic mass is 28.4. The number of hydrogen-bond donors (Lipinski definition) is 0. The predicted molar refractivity (Wildman–Crippen MR) is 76.2 cm³/mol. The van der Waals surface area contributed by atoms with E-state index in [9.17, 15) is 9.59 Å². The second-order valence-corrected chi connectivity index (χ2v) is 10.7. The minimum atomic E-state index is -2.58. The Labute approximate surface area is 110 Å². The van der Waals surface area contributed by atoms with E-state index in [0.717, 1.165) is 0 Å². The normalized spacial score (nSPS) is 11.0. The van der Waals surface area contributed by atoms with Crippen LogP contribution in [0.5, 0.6) is 0 Å². The van der Waals surface area contributed by atoms with Gasteiger partial charge in [0.15, 0.2) is 0 Å². The fourth-order valence-electron chi connectivity index (χ4n) is 0.816. The van der Waals surface area contributed by atoms with Gasteiger partial charge in [-0.2, -0.15) is 0 Å². The van der Waals surface area contributed by atoms with Crippen LogP contribution in [0.15, 0.2) is 49.1 Å². The molecule has 0 N–H and O–H groups in total. The average molecular weight is 282 g/mol. The van der Waals surface area contributed by atoms with Crippen molar-refractivity contribution in [2.75, 3.05) is 0 Å². The Morgan fingerprint density at radius 1 is 0.778 bits per heavy atom. The van der Waals surface area contributed by atoms with Gasteiger partial charge in [0, 0.05) is 0 Å². The Bertz CT molecular complexity index is 347. The van der Waals surface area contributed by atoms with E-state index in [1.54, 1.807) is 13.1 Å². The zero-order valence-corrected chi connectivity index (χ0v) is 12.8. The molecule has 0 aliphatic rings. The molecule has 0 aromatic heterocycles. The zero-order chi connectivity index (χ0) is 14.4. The molecule has 0 radical (unpaired) electrons. The second-order valence-electron chi connectivity index (χ2n) is 3.96. The summed E-state index contributed by atoms with van der Waals surface area (Å²) in [6.07, 6.45) is 0. The zero-order valence-electron chi connectivity index (χ0n) is 10.8. The molecule has 0 saturated heterocycles. The Balaban J connectivity index is 4.78. The first-order chi connectivity index (χ1) is 8.25. The van der Waals surface area contributed by atoms with Crippen molar-refractivity contribution in [3.8, 4) is 0 Å². The largest absolute Gasteiger partial charge is 0.503 e. The molecule has 0 saturated carbocycles. The third-order valence-electron chi connectivity index (χ3n) is 2.41. The molecule has 0 spiro atoms. The van der Waals surface area contributed by atoms with Crippen molar-refractivity contribution in [1.82, 2.24) is 0 Å². The van der Waals surface area contributed by atoms with Gasteiger partial charge in [-0.25, -0.2) is 9.59 Å². The minimum absolute atomic E-state index is 1.04. The molecule has 0 rings (SSSR count). The maximum absolute atomic E-state index is 11.6. The van der Waals surface area contributed by atoms with E-state index in [0.29, 0.717) is 0 Å². The van der Waals surface area contributed by atoms with Crippen molar-refractivity contribution in [2.45, 2.75) is 13.1 Å². The van der Waals surface area contributed by atoms with Crippen LogP contribution < -0.4 is 0 Å². The van der Waals surface area contributed by atoms with E-state index in [1.807, 2.05) is 0 Å². The van der Waals surface area contributed by atoms with E-state index in [4.69, 9.17) is 8.85 Å². The van der Waals surface area contributed by atoms with Crippen LogP contribution in [0.4, 0.5) is 0 Å². The third-order valence-corrected chi connectivity index (χ3v) is 6.91. The highest BCUT2D eigenvalue weighted by molar-refractivity contribution is 6.85. The molecule has 0 amide bonds. The standard InChI is InChI=1S/C12H18O4Si2/c1-7-17(5,8-2)15-11(13)12(14)16-18(6,9-3)10-4/h7-10H,1-4H2,5-6H3. The Morgan fingerprint density at radius 2 is 1.00 bits per heavy atom. The Hall–Kier alpha value is -1.67. The van der Waals surface area contributed by atoms with Gasteiger partial charge in [0.05, 0.1) is 0 Å². The number of carbonyl (C=O) groups is 2. The summed E-state index contributed by atoms with van der Waals surface area (Å²) in [5.41, 5.74) is 6.01. The van der Waals surface area contributed by atoms with Crippen molar-refractivity contribution in [2.24, 2.45) is 0 Å². The summed E-state index contributed by atoms with van der Waals surface area (Å²) >= 11 is 0. The van der Waals surface area contributed by atoms with Gasteiger partial charge < -0.3 is 8.85 Å². The molecule has 0 aromatic carbocycles. The summed E-state index contributed by atoms with van der Waals surface area (Å²) in [6, 6.07) is 0. The van der Waals surface area contributed by atoms with Gasteiger partial charge in [0.1, 0.15) is 0 Å². The molecular formula is C12H18O4Si2. The molecule has 0 fully saturated rings. The quantitative estimate of drug-likeness (QED) is 0.553. The van der Waals surface area contributed by atoms with Crippen molar-refractivity contribution in [3.05, 3.63) is 49.1 Å². The molecule has 0 bridgehead atoms. The van der Waals surface area contributed by atoms with Crippen molar-refractivity contribution >= 4 is 28.6 Å². The fourth-order valence-corrected chi connectivity index (χ4v) is 2.45. The average Bonchev–Trinajstić information content (AvgIpc) is 2.38. The lowest BCUT2D eigenvalue weighted by Crippen LogP contribution is -2.41. The van der Waals surface area contributed by atoms with Crippen LogP contribution in [0.2, 0.25) is 13.1 Å². The topological polar surface area (TPSA) is 52.6 Å². The molecule has 4 nitrogen and oxygen atoms in total. The molecule has 0 unspecified atom stereocenters. The Morgan fingerprint density at radius 3 is 1.17 bits per heavy atom. The van der Waals surface area contributed by atoms with E-state index in [2.05, 4.69) is 26.3 Å². The van der Waals surface area contributed by atoms with Crippen LogP contribution in [0.1, 0.15) is 0 Å². The molecule has 0 atom stereocenters. The van der Waals surface area contributed by atoms with E-state index < -0.39 is 28.6 Å². The van der Waals surface area contributed by atoms with Crippen molar-refractivity contribution in [1.29, 1.82) is 0 Å². The van der Waals surface area contributed by atoms with Crippen LogP contribution in [-0.4, -0.2) is 28.6 Å². The van der Waals surface area contributed by atoms with E-state index in [1.165, 1.54) is 22.8 Å². The lowest BCUT2D eigenvalue weighted by atomic mass is 10.7. The predicted octanol–water partition coefficient (Wildman–Crippen LogP) is 2.12. The van der Waals surface area contributed by atoms with Gasteiger partial charge in [-0.05, 0) is 13.1 Å². The number of rotatable bonds is 6. The van der Waals surface area contributed by atoms with Gasteiger partial charge in [0.25, 0.3) is 0 Å². The smallest absolute Gasteiger partial charge is 0.403 e. The van der Waals surface area contributed by atoms with Crippen LogP contribution in [0, 0.1) is 0 Å². The van der Waals surface area contributed by atoms with Crippen LogP contribution in [0.3, 0.4) is 0 Å². The van der Waals surface area contributed by atoms with Crippen LogP contribution >= 0.6 is 0 Å². The summed E-state index contributed by atoms with van der Waals surface area (Å²) in [7, 11) is -5.16. The monoisotopic (exact) mass is 282 g/mol. The molecule has 6 heteroatoms. The number of carbonyl (C=O) groups excluding carboxylic acids is 2. The highest BCUT2D eigenvalue weighted by Crippen LogP contribution is 2.11. The summed E-state index contributed by atoms with van der Waals surface area (Å²) in [4.78, 5) is 23.2. The first kappa shape index (κ1) is 16.3. The second kappa shape index (κ2) is 6.32. The van der Waals surface area contributed by atoms with E-state index >= 15 is 0 Å².